The molecule has 0 bridgehead atoms. The summed E-state index contributed by atoms with van der Waals surface area (Å²) in [7, 11) is 1.72. The molecule has 0 aromatic carbocycles. The van der Waals surface area contributed by atoms with Crippen molar-refractivity contribution in [1.82, 2.24) is 15.3 Å². The van der Waals surface area contributed by atoms with E-state index in [-0.39, 0.29) is 0 Å². The van der Waals surface area contributed by atoms with Gasteiger partial charge in [-0.25, -0.2) is 9.97 Å². The van der Waals surface area contributed by atoms with Crippen LogP contribution in [0.5, 0.6) is 0 Å². The monoisotopic (exact) mass is 263 g/mol. The third-order valence-corrected chi connectivity index (χ3v) is 3.94. The summed E-state index contributed by atoms with van der Waals surface area (Å²) in [4.78, 5) is 9.47. The molecule has 1 aliphatic carbocycles. The quantitative estimate of drug-likeness (QED) is 0.801. The van der Waals surface area contributed by atoms with Gasteiger partial charge in [0.25, 0.3) is 0 Å². The van der Waals surface area contributed by atoms with Crippen molar-refractivity contribution in [2.75, 3.05) is 20.3 Å². The number of ether oxygens (including phenoxy) is 1. The van der Waals surface area contributed by atoms with Gasteiger partial charge >= 0.3 is 0 Å². The van der Waals surface area contributed by atoms with Crippen LogP contribution in [0.15, 0.2) is 0 Å². The van der Waals surface area contributed by atoms with Crippen LogP contribution < -0.4 is 5.32 Å². The van der Waals surface area contributed by atoms with E-state index in [1.807, 2.05) is 0 Å². The van der Waals surface area contributed by atoms with Crippen LogP contribution in [0.2, 0.25) is 0 Å². The van der Waals surface area contributed by atoms with E-state index in [1.54, 1.807) is 7.11 Å². The second-order valence-electron chi connectivity index (χ2n) is 5.38. The summed E-state index contributed by atoms with van der Waals surface area (Å²) < 4.78 is 5.03. The van der Waals surface area contributed by atoms with E-state index in [1.165, 1.54) is 31.2 Å². The van der Waals surface area contributed by atoms with Crippen LogP contribution in [0.3, 0.4) is 0 Å². The molecule has 1 N–H and O–H groups in total. The van der Waals surface area contributed by atoms with Gasteiger partial charge in [0, 0.05) is 43.1 Å². The Morgan fingerprint density at radius 3 is 2.37 bits per heavy atom. The van der Waals surface area contributed by atoms with Crippen LogP contribution in [0.1, 0.15) is 54.4 Å². The highest BCUT2D eigenvalue weighted by Crippen LogP contribution is 2.32. The summed E-state index contributed by atoms with van der Waals surface area (Å²) >= 11 is 0. The Hall–Kier alpha value is -1.00. The van der Waals surface area contributed by atoms with E-state index >= 15 is 0 Å². The molecule has 0 spiro atoms. The molecule has 1 aromatic heterocycles. The van der Waals surface area contributed by atoms with Gasteiger partial charge in [0.2, 0.25) is 0 Å². The Morgan fingerprint density at radius 1 is 1.16 bits per heavy atom. The largest absolute Gasteiger partial charge is 0.383 e. The SMILES string of the molecule is COCCNCc1c(C)nc(C2CCCC2)nc1C. The molecule has 1 aliphatic rings. The number of hydrogen-bond donors (Lipinski definition) is 1. The molecule has 1 fully saturated rings. The first-order valence-corrected chi connectivity index (χ1v) is 7.26. The van der Waals surface area contributed by atoms with Crippen molar-refractivity contribution in [1.29, 1.82) is 0 Å². The number of aromatic nitrogens is 2. The molecule has 0 amide bonds. The van der Waals surface area contributed by atoms with Crippen LogP contribution in [-0.2, 0) is 11.3 Å². The first-order chi connectivity index (χ1) is 9.22. The van der Waals surface area contributed by atoms with Crippen LogP contribution in [0, 0.1) is 13.8 Å². The van der Waals surface area contributed by atoms with E-state index in [2.05, 4.69) is 19.2 Å². The molecule has 1 aromatic rings. The van der Waals surface area contributed by atoms with Gasteiger partial charge in [-0.15, -0.1) is 0 Å². The molecule has 0 aliphatic heterocycles. The maximum atomic E-state index is 5.03. The van der Waals surface area contributed by atoms with Crippen molar-refractivity contribution in [2.24, 2.45) is 0 Å². The molecule has 0 unspecified atom stereocenters. The van der Waals surface area contributed by atoms with Crippen molar-refractivity contribution >= 4 is 0 Å². The molecule has 1 heterocycles. The molecule has 0 atom stereocenters. The molecule has 1 saturated carbocycles. The summed E-state index contributed by atoms with van der Waals surface area (Å²) in [6, 6.07) is 0. The molecule has 0 saturated heterocycles. The lowest BCUT2D eigenvalue weighted by atomic mass is 10.1. The average Bonchev–Trinajstić information content (AvgIpc) is 2.90. The fraction of sp³-hybridized carbons (Fsp3) is 0.733. The summed E-state index contributed by atoms with van der Waals surface area (Å²) in [5, 5.41) is 3.37. The zero-order valence-electron chi connectivity index (χ0n) is 12.3. The Balaban J connectivity index is 2.04. The molecule has 0 radical (unpaired) electrons. The minimum Gasteiger partial charge on any atom is -0.383 e. The van der Waals surface area contributed by atoms with Crippen LogP contribution in [0.25, 0.3) is 0 Å². The average molecular weight is 263 g/mol. The highest BCUT2D eigenvalue weighted by molar-refractivity contribution is 5.25. The Kier molecular flexibility index (Phi) is 5.28. The van der Waals surface area contributed by atoms with Crippen molar-refractivity contribution in [3.8, 4) is 0 Å². The summed E-state index contributed by atoms with van der Waals surface area (Å²) in [6.07, 6.45) is 5.16. The Morgan fingerprint density at radius 2 is 1.79 bits per heavy atom. The van der Waals surface area contributed by atoms with E-state index in [0.717, 1.165) is 36.9 Å². The lowest BCUT2D eigenvalue weighted by Crippen LogP contribution is -2.21. The third-order valence-electron chi connectivity index (χ3n) is 3.94. The van der Waals surface area contributed by atoms with E-state index < -0.39 is 0 Å². The Labute approximate surface area is 116 Å². The zero-order valence-corrected chi connectivity index (χ0v) is 12.3. The topological polar surface area (TPSA) is 47.0 Å². The van der Waals surface area contributed by atoms with Crippen LogP contribution in [0.4, 0.5) is 0 Å². The van der Waals surface area contributed by atoms with Crippen LogP contribution in [-0.4, -0.2) is 30.2 Å². The second-order valence-corrected chi connectivity index (χ2v) is 5.38. The third kappa shape index (κ3) is 3.74. The normalized spacial score (nSPS) is 16.2. The molecule has 2 rings (SSSR count). The first-order valence-electron chi connectivity index (χ1n) is 7.26. The van der Waals surface area contributed by atoms with Crippen molar-refractivity contribution < 1.29 is 4.74 Å². The van der Waals surface area contributed by atoms with Gasteiger partial charge in [-0.2, -0.15) is 0 Å². The van der Waals surface area contributed by atoms with Gasteiger partial charge < -0.3 is 10.1 Å². The van der Waals surface area contributed by atoms with Gasteiger partial charge in [-0.05, 0) is 26.7 Å². The van der Waals surface area contributed by atoms with Crippen molar-refractivity contribution in [3.05, 3.63) is 22.8 Å². The summed E-state index contributed by atoms with van der Waals surface area (Å²) in [6.45, 7) is 6.62. The summed E-state index contributed by atoms with van der Waals surface area (Å²) in [5.74, 6) is 1.65. The molecule has 19 heavy (non-hydrogen) atoms. The van der Waals surface area contributed by atoms with E-state index in [9.17, 15) is 0 Å². The predicted molar refractivity (Wildman–Crippen MR) is 76.3 cm³/mol. The maximum Gasteiger partial charge on any atom is 0.131 e. The number of rotatable bonds is 6. The van der Waals surface area contributed by atoms with Gasteiger partial charge in [0.1, 0.15) is 5.82 Å². The van der Waals surface area contributed by atoms with Gasteiger partial charge in [0.15, 0.2) is 0 Å². The fourth-order valence-electron chi connectivity index (χ4n) is 2.78. The molecule has 4 heteroatoms. The molecule has 106 valence electrons. The minimum absolute atomic E-state index is 0.591. The Bertz CT molecular complexity index is 391. The van der Waals surface area contributed by atoms with Gasteiger partial charge in [0.05, 0.1) is 6.61 Å². The number of methoxy groups -OCH3 is 1. The number of aryl methyl sites for hydroxylation is 2. The lowest BCUT2D eigenvalue weighted by Gasteiger charge is -2.14. The number of nitrogens with one attached hydrogen (secondary N) is 1. The smallest absolute Gasteiger partial charge is 0.131 e. The first kappa shape index (κ1) is 14.4. The second kappa shape index (κ2) is 6.96. The van der Waals surface area contributed by atoms with E-state index in [4.69, 9.17) is 14.7 Å². The fourth-order valence-corrected chi connectivity index (χ4v) is 2.78. The highest BCUT2D eigenvalue weighted by atomic mass is 16.5. The molecular formula is C15H25N3O. The van der Waals surface area contributed by atoms with Crippen LogP contribution >= 0.6 is 0 Å². The van der Waals surface area contributed by atoms with Gasteiger partial charge in [-0.3, -0.25) is 0 Å². The standard InChI is InChI=1S/C15H25N3O/c1-11-14(10-16-8-9-19-3)12(2)18-15(17-11)13-6-4-5-7-13/h13,16H,4-10H2,1-3H3. The van der Waals surface area contributed by atoms with E-state index in [0.29, 0.717) is 5.92 Å². The minimum atomic E-state index is 0.591. The predicted octanol–water partition coefficient (Wildman–Crippen LogP) is 2.49. The van der Waals surface area contributed by atoms with Crippen molar-refractivity contribution in [2.45, 2.75) is 52.0 Å². The summed E-state index contributed by atoms with van der Waals surface area (Å²) in [5.41, 5.74) is 3.48. The number of nitrogens with zero attached hydrogens (tertiary/aromatic N) is 2. The van der Waals surface area contributed by atoms with Gasteiger partial charge in [-0.1, -0.05) is 12.8 Å². The molecule has 4 nitrogen and oxygen atoms in total. The zero-order chi connectivity index (χ0) is 13.7. The maximum absolute atomic E-state index is 5.03. The lowest BCUT2D eigenvalue weighted by molar-refractivity contribution is 0.199. The molecular weight excluding hydrogens is 238 g/mol. The number of hydrogen-bond acceptors (Lipinski definition) is 4. The highest BCUT2D eigenvalue weighted by Gasteiger charge is 2.21. The van der Waals surface area contributed by atoms with Crippen molar-refractivity contribution in [3.63, 3.8) is 0 Å².